The summed E-state index contributed by atoms with van der Waals surface area (Å²) in [5.41, 5.74) is 6.95. The molecule has 1 aromatic carbocycles. The smallest absolute Gasteiger partial charge is 0.251 e. The summed E-state index contributed by atoms with van der Waals surface area (Å²) in [4.78, 5) is 12.3. The van der Waals surface area contributed by atoms with E-state index in [0.29, 0.717) is 15.8 Å². The Hall–Kier alpha value is -0.720. The largest absolute Gasteiger partial charge is 0.389 e. The number of rotatable bonds is 4. The van der Waals surface area contributed by atoms with Crippen molar-refractivity contribution in [3.8, 4) is 0 Å². The summed E-state index contributed by atoms with van der Waals surface area (Å²) >= 11 is 8.77. The third-order valence-electron chi connectivity index (χ3n) is 2.81. The Kier molecular flexibility index (Phi) is 5.54. The predicted molar refractivity (Wildman–Crippen MR) is 88.2 cm³/mol. The molecule has 0 aromatic heterocycles. The molecule has 102 valence electrons. The molecule has 2 rings (SSSR count). The van der Waals surface area contributed by atoms with Crippen LogP contribution in [-0.4, -0.2) is 39.9 Å². The minimum Gasteiger partial charge on any atom is -0.389 e. The number of amides is 1. The van der Waals surface area contributed by atoms with Crippen LogP contribution in [0, 0.1) is 0 Å². The highest BCUT2D eigenvalue weighted by atomic mass is 32.2. The quantitative estimate of drug-likeness (QED) is 0.832. The maximum absolute atomic E-state index is 12.0. The van der Waals surface area contributed by atoms with Crippen LogP contribution in [0.5, 0.6) is 0 Å². The highest BCUT2D eigenvalue weighted by Gasteiger charge is 2.15. The van der Waals surface area contributed by atoms with Crippen molar-refractivity contribution in [2.75, 3.05) is 23.8 Å². The van der Waals surface area contributed by atoms with Crippen molar-refractivity contribution in [3.05, 3.63) is 35.4 Å². The molecule has 1 aliphatic heterocycles. The number of carbonyl (C=O) groups excluding carboxylic acids is 1. The first kappa shape index (κ1) is 14.7. The van der Waals surface area contributed by atoms with Crippen molar-refractivity contribution in [2.24, 2.45) is 5.73 Å². The highest BCUT2D eigenvalue weighted by molar-refractivity contribution is 8.06. The lowest BCUT2D eigenvalue weighted by Gasteiger charge is -2.21. The molecule has 1 saturated heterocycles. The molecular formula is C13H16N2OS3. The molecule has 0 bridgehead atoms. The van der Waals surface area contributed by atoms with E-state index in [1.54, 1.807) is 24.3 Å². The van der Waals surface area contributed by atoms with Gasteiger partial charge in [0.15, 0.2) is 0 Å². The molecule has 0 saturated carbocycles. The molecular weight excluding hydrogens is 296 g/mol. The van der Waals surface area contributed by atoms with Crippen LogP contribution >= 0.6 is 35.7 Å². The van der Waals surface area contributed by atoms with Crippen molar-refractivity contribution in [1.82, 2.24) is 5.32 Å². The van der Waals surface area contributed by atoms with Gasteiger partial charge in [-0.3, -0.25) is 4.79 Å². The average Bonchev–Trinajstić information content (AvgIpc) is 2.46. The second kappa shape index (κ2) is 7.17. The Balaban J connectivity index is 1.86. The van der Waals surface area contributed by atoms with Gasteiger partial charge in [-0.15, -0.1) is 0 Å². The van der Waals surface area contributed by atoms with Gasteiger partial charge in [0, 0.05) is 40.2 Å². The topological polar surface area (TPSA) is 55.1 Å². The van der Waals surface area contributed by atoms with Gasteiger partial charge in [0.1, 0.15) is 4.99 Å². The molecule has 1 aromatic rings. The van der Waals surface area contributed by atoms with Gasteiger partial charge in [-0.2, -0.15) is 23.5 Å². The fourth-order valence-corrected chi connectivity index (χ4v) is 4.50. The van der Waals surface area contributed by atoms with E-state index in [4.69, 9.17) is 18.0 Å². The Morgan fingerprint density at radius 3 is 2.58 bits per heavy atom. The summed E-state index contributed by atoms with van der Waals surface area (Å²) in [6.45, 7) is 0.730. The summed E-state index contributed by atoms with van der Waals surface area (Å²) < 4.78 is 0. The number of thioether (sulfide) groups is 2. The van der Waals surface area contributed by atoms with Crippen LogP contribution in [0.4, 0.5) is 0 Å². The first-order valence-electron chi connectivity index (χ1n) is 6.04. The number of benzene rings is 1. The van der Waals surface area contributed by atoms with E-state index < -0.39 is 0 Å². The van der Waals surface area contributed by atoms with Crippen LogP contribution in [-0.2, 0) is 0 Å². The number of nitrogens with one attached hydrogen (secondary N) is 1. The summed E-state index contributed by atoms with van der Waals surface area (Å²) in [5.74, 6) is 3.47. The summed E-state index contributed by atoms with van der Waals surface area (Å²) in [5, 5.41) is 3.51. The highest BCUT2D eigenvalue weighted by Crippen LogP contribution is 2.23. The van der Waals surface area contributed by atoms with Gasteiger partial charge in [0.2, 0.25) is 0 Å². The van der Waals surface area contributed by atoms with Crippen molar-refractivity contribution < 1.29 is 4.79 Å². The van der Waals surface area contributed by atoms with Crippen LogP contribution < -0.4 is 11.1 Å². The Bertz CT molecular complexity index is 455. The minimum absolute atomic E-state index is 0.0364. The van der Waals surface area contributed by atoms with Gasteiger partial charge in [-0.05, 0) is 12.1 Å². The zero-order chi connectivity index (χ0) is 13.7. The molecule has 1 amide bonds. The molecule has 0 radical (unpaired) electrons. The molecule has 0 aliphatic carbocycles. The molecule has 3 nitrogen and oxygen atoms in total. The molecule has 1 atom stereocenters. The van der Waals surface area contributed by atoms with Gasteiger partial charge in [0.05, 0.1) is 0 Å². The van der Waals surface area contributed by atoms with Crippen LogP contribution in [0.1, 0.15) is 15.9 Å². The fourth-order valence-electron chi connectivity index (χ4n) is 1.75. The Labute approximate surface area is 127 Å². The van der Waals surface area contributed by atoms with Crippen LogP contribution in [0.2, 0.25) is 0 Å². The molecule has 0 spiro atoms. The van der Waals surface area contributed by atoms with E-state index in [-0.39, 0.29) is 5.91 Å². The van der Waals surface area contributed by atoms with Gasteiger partial charge in [-0.25, -0.2) is 0 Å². The lowest BCUT2D eigenvalue weighted by Crippen LogP contribution is -2.33. The molecule has 1 heterocycles. The monoisotopic (exact) mass is 312 g/mol. The predicted octanol–water partition coefficient (Wildman–Crippen LogP) is 1.90. The van der Waals surface area contributed by atoms with Gasteiger partial charge >= 0.3 is 0 Å². The van der Waals surface area contributed by atoms with Crippen molar-refractivity contribution in [2.45, 2.75) is 5.25 Å². The van der Waals surface area contributed by atoms with Crippen molar-refractivity contribution in [3.63, 3.8) is 0 Å². The summed E-state index contributed by atoms with van der Waals surface area (Å²) in [6, 6.07) is 7.07. The number of nitrogens with two attached hydrogens (primary N) is 1. The zero-order valence-electron chi connectivity index (χ0n) is 10.4. The Morgan fingerprint density at radius 2 is 2.00 bits per heavy atom. The standard InChI is InChI=1S/C13H16N2OS3/c14-12(17)9-1-3-10(4-2-9)13(16)15-7-11-8-18-5-6-19-11/h1-4,11H,5-8H2,(H2,14,17)(H,15,16). The van der Waals surface area contributed by atoms with Crippen LogP contribution in [0.15, 0.2) is 24.3 Å². The van der Waals surface area contributed by atoms with Crippen LogP contribution in [0.3, 0.4) is 0 Å². The summed E-state index contributed by atoms with van der Waals surface area (Å²) in [7, 11) is 0. The fraction of sp³-hybridized carbons (Fsp3) is 0.385. The molecule has 1 fully saturated rings. The first-order chi connectivity index (χ1) is 9.16. The Morgan fingerprint density at radius 1 is 1.32 bits per heavy atom. The van der Waals surface area contributed by atoms with E-state index in [1.165, 1.54) is 11.5 Å². The number of carbonyl (C=O) groups is 1. The molecule has 1 unspecified atom stereocenters. The molecule has 6 heteroatoms. The normalized spacial score (nSPS) is 18.8. The first-order valence-corrected chi connectivity index (χ1v) is 8.65. The van der Waals surface area contributed by atoms with E-state index in [2.05, 4.69) is 5.32 Å². The molecule has 3 N–H and O–H groups in total. The van der Waals surface area contributed by atoms with E-state index in [9.17, 15) is 4.79 Å². The summed E-state index contributed by atoms with van der Waals surface area (Å²) in [6.07, 6.45) is 0. The van der Waals surface area contributed by atoms with Crippen molar-refractivity contribution in [1.29, 1.82) is 0 Å². The SMILES string of the molecule is NC(=S)c1ccc(C(=O)NCC2CSCCS2)cc1. The van der Waals surface area contributed by atoms with Gasteiger partial charge in [0.25, 0.3) is 5.91 Å². The lowest BCUT2D eigenvalue weighted by molar-refractivity contribution is 0.0954. The third kappa shape index (κ3) is 4.40. The maximum Gasteiger partial charge on any atom is 0.251 e. The second-order valence-corrected chi connectivity index (χ2v) is 7.22. The second-order valence-electron chi connectivity index (χ2n) is 4.22. The average molecular weight is 312 g/mol. The van der Waals surface area contributed by atoms with Crippen molar-refractivity contribution >= 4 is 46.6 Å². The van der Waals surface area contributed by atoms with E-state index in [1.807, 2.05) is 23.5 Å². The van der Waals surface area contributed by atoms with Gasteiger partial charge < -0.3 is 11.1 Å². The number of hydrogen-bond donors (Lipinski definition) is 2. The van der Waals surface area contributed by atoms with Crippen LogP contribution in [0.25, 0.3) is 0 Å². The molecule has 1 aliphatic rings. The zero-order valence-corrected chi connectivity index (χ0v) is 12.9. The number of thiocarbonyl (C=S) groups is 1. The lowest BCUT2D eigenvalue weighted by atomic mass is 10.1. The molecule has 19 heavy (non-hydrogen) atoms. The third-order valence-corrected chi connectivity index (χ3v) is 5.89. The van der Waals surface area contributed by atoms with Gasteiger partial charge in [-0.1, -0.05) is 24.4 Å². The van der Waals surface area contributed by atoms with E-state index >= 15 is 0 Å². The minimum atomic E-state index is -0.0364. The maximum atomic E-state index is 12.0. The van der Waals surface area contributed by atoms with E-state index in [0.717, 1.165) is 17.9 Å². The number of hydrogen-bond acceptors (Lipinski definition) is 4.